The molecule has 1 N–H and O–H groups in total. The molecule has 74 valence electrons. The Morgan fingerprint density at radius 2 is 1.71 bits per heavy atom. The first kappa shape index (κ1) is 9.40. The summed E-state index contributed by atoms with van der Waals surface area (Å²) in [4.78, 5) is 3.17. The van der Waals surface area contributed by atoms with E-state index in [9.17, 15) is 0 Å². The lowest BCUT2D eigenvalue weighted by molar-refractivity contribution is 0.356. The van der Waals surface area contributed by atoms with Crippen LogP contribution in [0.2, 0.25) is 0 Å². The third kappa shape index (κ3) is 1.46. The number of nitrogens with one attached hydrogen (secondary N) is 1. The molecule has 0 bridgehead atoms. The summed E-state index contributed by atoms with van der Waals surface area (Å²) in [7, 11) is 3.26. The van der Waals surface area contributed by atoms with Gasteiger partial charge in [0.15, 0.2) is 11.5 Å². The lowest BCUT2D eigenvalue weighted by Crippen LogP contribution is -1.89. The molecule has 0 spiro atoms. The second kappa shape index (κ2) is 3.53. The molecule has 0 atom stereocenters. The zero-order valence-corrected chi connectivity index (χ0v) is 9.51. The predicted octanol–water partition coefficient (Wildman–Crippen LogP) is 2.95. The molecule has 0 aliphatic carbocycles. The van der Waals surface area contributed by atoms with Gasteiger partial charge < -0.3 is 14.5 Å². The predicted molar refractivity (Wildman–Crippen MR) is 59.1 cm³/mol. The maximum Gasteiger partial charge on any atom is 0.162 e. The van der Waals surface area contributed by atoms with E-state index in [4.69, 9.17) is 9.47 Å². The van der Waals surface area contributed by atoms with Crippen LogP contribution < -0.4 is 9.47 Å². The highest BCUT2D eigenvalue weighted by Crippen LogP contribution is 2.32. The van der Waals surface area contributed by atoms with Crippen LogP contribution in [0.1, 0.15) is 0 Å². The molecule has 1 aromatic heterocycles. The van der Waals surface area contributed by atoms with Gasteiger partial charge in [0, 0.05) is 11.5 Å². The summed E-state index contributed by atoms with van der Waals surface area (Å²) in [6, 6.07) is 5.85. The number of methoxy groups -OCH3 is 2. The van der Waals surface area contributed by atoms with Gasteiger partial charge >= 0.3 is 0 Å². The van der Waals surface area contributed by atoms with Crippen molar-refractivity contribution in [1.29, 1.82) is 0 Å². The van der Waals surface area contributed by atoms with E-state index in [1.165, 1.54) is 0 Å². The van der Waals surface area contributed by atoms with Crippen LogP contribution in [0, 0.1) is 0 Å². The molecule has 2 rings (SSSR count). The molecule has 0 amide bonds. The second-order valence-electron chi connectivity index (χ2n) is 2.91. The van der Waals surface area contributed by atoms with E-state index in [-0.39, 0.29) is 0 Å². The molecule has 2 aromatic rings. The number of fused-ring (bicyclic) bond motifs is 1. The highest BCUT2D eigenvalue weighted by molar-refractivity contribution is 9.10. The maximum absolute atomic E-state index is 5.20. The van der Waals surface area contributed by atoms with E-state index in [1.807, 2.05) is 18.2 Å². The molecule has 0 radical (unpaired) electrons. The van der Waals surface area contributed by atoms with Gasteiger partial charge in [0.25, 0.3) is 0 Å². The number of aromatic amines is 1. The van der Waals surface area contributed by atoms with Crippen LogP contribution in [0.15, 0.2) is 22.8 Å². The molecule has 0 aliphatic rings. The van der Waals surface area contributed by atoms with Gasteiger partial charge in [-0.1, -0.05) is 0 Å². The van der Waals surface area contributed by atoms with Crippen molar-refractivity contribution in [1.82, 2.24) is 4.98 Å². The minimum atomic E-state index is 0.731. The number of H-pyrrole nitrogens is 1. The van der Waals surface area contributed by atoms with Crippen LogP contribution in [-0.2, 0) is 0 Å². The zero-order chi connectivity index (χ0) is 10.1. The average molecular weight is 256 g/mol. The first-order valence-corrected chi connectivity index (χ1v) is 4.94. The molecule has 0 saturated carbocycles. The molecule has 0 aliphatic heterocycles. The van der Waals surface area contributed by atoms with Crippen molar-refractivity contribution < 1.29 is 9.47 Å². The summed E-state index contributed by atoms with van der Waals surface area (Å²) in [6.45, 7) is 0. The van der Waals surface area contributed by atoms with E-state index in [1.54, 1.807) is 14.2 Å². The first-order valence-electron chi connectivity index (χ1n) is 4.15. The molecule has 1 heterocycles. The minimum Gasteiger partial charge on any atom is -0.493 e. The van der Waals surface area contributed by atoms with Crippen molar-refractivity contribution in [2.45, 2.75) is 0 Å². The van der Waals surface area contributed by atoms with Gasteiger partial charge in [-0.25, -0.2) is 0 Å². The number of hydrogen-bond acceptors (Lipinski definition) is 2. The minimum absolute atomic E-state index is 0.731. The van der Waals surface area contributed by atoms with Crippen molar-refractivity contribution in [2.24, 2.45) is 0 Å². The van der Waals surface area contributed by atoms with Gasteiger partial charge in [-0.15, -0.1) is 0 Å². The van der Waals surface area contributed by atoms with Gasteiger partial charge in [-0.05, 0) is 28.1 Å². The topological polar surface area (TPSA) is 34.2 Å². The number of benzene rings is 1. The smallest absolute Gasteiger partial charge is 0.162 e. The van der Waals surface area contributed by atoms with Crippen molar-refractivity contribution in [3.8, 4) is 11.5 Å². The third-order valence-electron chi connectivity index (χ3n) is 2.09. The van der Waals surface area contributed by atoms with Crippen molar-refractivity contribution in [3.63, 3.8) is 0 Å². The molecule has 0 fully saturated rings. The van der Waals surface area contributed by atoms with Gasteiger partial charge in [0.05, 0.1) is 24.3 Å². The van der Waals surface area contributed by atoms with E-state index in [2.05, 4.69) is 20.9 Å². The SMILES string of the molecule is COc1cc2cc(Br)[nH]c2cc1OC. The Balaban J connectivity index is 2.68. The van der Waals surface area contributed by atoms with Crippen LogP contribution in [0.4, 0.5) is 0 Å². The molecular formula is C10H10BrNO2. The van der Waals surface area contributed by atoms with Gasteiger partial charge in [-0.2, -0.15) is 0 Å². The van der Waals surface area contributed by atoms with E-state index in [0.29, 0.717) is 0 Å². The highest BCUT2D eigenvalue weighted by atomic mass is 79.9. The Hall–Kier alpha value is -1.16. The van der Waals surface area contributed by atoms with Crippen LogP contribution >= 0.6 is 15.9 Å². The standard InChI is InChI=1S/C10H10BrNO2/c1-13-8-3-6-4-10(11)12-7(6)5-9(8)14-2/h3-5,12H,1-2H3. The van der Waals surface area contributed by atoms with Crippen LogP contribution in [-0.4, -0.2) is 19.2 Å². The third-order valence-corrected chi connectivity index (χ3v) is 2.52. The van der Waals surface area contributed by atoms with Crippen molar-refractivity contribution in [2.75, 3.05) is 14.2 Å². The Labute approximate surface area is 90.1 Å². The van der Waals surface area contributed by atoms with Crippen LogP contribution in [0.3, 0.4) is 0 Å². The monoisotopic (exact) mass is 255 g/mol. The van der Waals surface area contributed by atoms with Crippen LogP contribution in [0.25, 0.3) is 10.9 Å². The number of rotatable bonds is 2. The zero-order valence-electron chi connectivity index (χ0n) is 7.93. The molecule has 3 nitrogen and oxygen atoms in total. The Morgan fingerprint density at radius 1 is 1.07 bits per heavy atom. The molecule has 1 aromatic carbocycles. The number of hydrogen-bond donors (Lipinski definition) is 1. The summed E-state index contributed by atoms with van der Waals surface area (Å²) in [5.74, 6) is 1.47. The fraction of sp³-hybridized carbons (Fsp3) is 0.200. The molecule has 0 unspecified atom stereocenters. The van der Waals surface area contributed by atoms with Crippen LogP contribution in [0.5, 0.6) is 11.5 Å². The average Bonchev–Trinajstić information content (AvgIpc) is 2.54. The number of aromatic nitrogens is 1. The number of ether oxygens (including phenoxy) is 2. The highest BCUT2D eigenvalue weighted by Gasteiger charge is 2.07. The van der Waals surface area contributed by atoms with E-state index in [0.717, 1.165) is 27.0 Å². The first-order chi connectivity index (χ1) is 6.74. The lowest BCUT2D eigenvalue weighted by Gasteiger charge is -2.06. The van der Waals surface area contributed by atoms with Crippen molar-refractivity contribution >= 4 is 26.8 Å². The molecule has 4 heteroatoms. The Bertz CT molecular complexity index is 423. The molecule has 0 saturated heterocycles. The van der Waals surface area contributed by atoms with Gasteiger partial charge in [0.2, 0.25) is 0 Å². The fourth-order valence-corrected chi connectivity index (χ4v) is 1.88. The Kier molecular flexibility index (Phi) is 2.37. The fourth-order valence-electron chi connectivity index (χ4n) is 1.42. The quantitative estimate of drug-likeness (QED) is 0.896. The molecule has 14 heavy (non-hydrogen) atoms. The lowest BCUT2D eigenvalue weighted by atomic mass is 10.2. The van der Waals surface area contributed by atoms with Gasteiger partial charge in [-0.3, -0.25) is 0 Å². The summed E-state index contributed by atoms with van der Waals surface area (Å²) < 4.78 is 11.3. The summed E-state index contributed by atoms with van der Waals surface area (Å²) >= 11 is 3.38. The summed E-state index contributed by atoms with van der Waals surface area (Å²) in [5, 5.41) is 1.09. The normalized spacial score (nSPS) is 10.5. The maximum atomic E-state index is 5.20. The number of halogens is 1. The summed E-state index contributed by atoms with van der Waals surface area (Å²) in [5.41, 5.74) is 1.02. The summed E-state index contributed by atoms with van der Waals surface area (Å²) in [6.07, 6.45) is 0. The van der Waals surface area contributed by atoms with E-state index >= 15 is 0 Å². The largest absolute Gasteiger partial charge is 0.493 e. The van der Waals surface area contributed by atoms with Gasteiger partial charge in [0.1, 0.15) is 0 Å². The van der Waals surface area contributed by atoms with Crippen molar-refractivity contribution in [3.05, 3.63) is 22.8 Å². The van der Waals surface area contributed by atoms with E-state index < -0.39 is 0 Å². The second-order valence-corrected chi connectivity index (χ2v) is 3.77. The molecular weight excluding hydrogens is 246 g/mol. The Morgan fingerprint density at radius 3 is 2.36 bits per heavy atom.